The highest BCUT2D eigenvalue weighted by Crippen LogP contribution is 2.35. The van der Waals surface area contributed by atoms with E-state index in [1.807, 2.05) is 6.07 Å². The molecule has 0 atom stereocenters. The molecule has 4 rings (SSSR count). The van der Waals surface area contributed by atoms with Crippen molar-refractivity contribution in [1.29, 1.82) is 5.26 Å². The van der Waals surface area contributed by atoms with Gasteiger partial charge in [0.1, 0.15) is 12.1 Å². The minimum atomic E-state index is -0.345. The van der Waals surface area contributed by atoms with Gasteiger partial charge in [0, 0.05) is 22.7 Å². The maximum atomic E-state index is 12.6. The zero-order chi connectivity index (χ0) is 23.4. The van der Waals surface area contributed by atoms with E-state index in [2.05, 4.69) is 20.6 Å². The fourth-order valence-corrected chi connectivity index (χ4v) is 3.37. The standard InChI is InChI=1S/C24H18ClN5O3/c1-32-21-10-17-19(11-22(21)33-2)27-13-28-23(17)29-16-7-8-18(25)20(9-16)30-24(31)15-5-3-14(12-26)4-6-15/h3-11,13H,1-2H3,(H,30,31)(H,27,28,29). The average Bonchev–Trinajstić information content (AvgIpc) is 2.85. The third kappa shape index (κ3) is 4.63. The zero-order valence-corrected chi connectivity index (χ0v) is 18.5. The van der Waals surface area contributed by atoms with Gasteiger partial charge in [0.25, 0.3) is 5.91 Å². The third-order valence-electron chi connectivity index (χ3n) is 4.89. The van der Waals surface area contributed by atoms with Crippen LogP contribution in [-0.2, 0) is 0 Å². The second-order valence-electron chi connectivity index (χ2n) is 6.91. The molecule has 0 saturated carbocycles. The molecule has 0 unspecified atom stereocenters. The molecule has 0 radical (unpaired) electrons. The van der Waals surface area contributed by atoms with Crippen molar-refractivity contribution in [2.45, 2.75) is 0 Å². The smallest absolute Gasteiger partial charge is 0.255 e. The van der Waals surface area contributed by atoms with Gasteiger partial charge < -0.3 is 20.1 Å². The van der Waals surface area contributed by atoms with Crippen LogP contribution in [-0.4, -0.2) is 30.1 Å². The molecule has 1 heterocycles. The number of benzene rings is 3. The molecule has 4 aromatic rings. The van der Waals surface area contributed by atoms with Gasteiger partial charge in [-0.05, 0) is 48.5 Å². The second kappa shape index (κ2) is 9.42. The summed E-state index contributed by atoms with van der Waals surface area (Å²) in [4.78, 5) is 21.3. The Morgan fingerprint density at radius 1 is 1.00 bits per heavy atom. The zero-order valence-electron chi connectivity index (χ0n) is 17.7. The molecule has 0 fully saturated rings. The van der Waals surface area contributed by atoms with Gasteiger partial charge in [0.05, 0.1) is 42.1 Å². The minimum Gasteiger partial charge on any atom is -0.493 e. The first-order valence-corrected chi connectivity index (χ1v) is 10.1. The van der Waals surface area contributed by atoms with E-state index in [4.69, 9.17) is 26.3 Å². The number of hydrogen-bond donors (Lipinski definition) is 2. The summed E-state index contributed by atoms with van der Waals surface area (Å²) in [5, 5.41) is 16.1. The third-order valence-corrected chi connectivity index (χ3v) is 5.22. The molecule has 2 N–H and O–H groups in total. The minimum absolute atomic E-state index is 0.345. The number of rotatable bonds is 6. The van der Waals surface area contributed by atoms with Gasteiger partial charge >= 0.3 is 0 Å². The largest absolute Gasteiger partial charge is 0.493 e. The summed E-state index contributed by atoms with van der Waals surface area (Å²) in [6, 6.07) is 17.1. The van der Waals surface area contributed by atoms with Crippen molar-refractivity contribution in [3.05, 3.63) is 77.1 Å². The lowest BCUT2D eigenvalue weighted by atomic mass is 10.1. The summed E-state index contributed by atoms with van der Waals surface area (Å²) in [5.41, 5.74) is 2.64. The van der Waals surface area contributed by atoms with Gasteiger partial charge in [-0.25, -0.2) is 9.97 Å². The first-order valence-electron chi connectivity index (χ1n) is 9.77. The molecular formula is C24H18ClN5O3. The molecule has 8 nitrogen and oxygen atoms in total. The topological polar surface area (TPSA) is 109 Å². The summed E-state index contributed by atoms with van der Waals surface area (Å²) in [6.45, 7) is 0. The number of aromatic nitrogens is 2. The lowest BCUT2D eigenvalue weighted by molar-refractivity contribution is 0.102. The summed E-state index contributed by atoms with van der Waals surface area (Å²) in [5.74, 6) is 1.32. The summed E-state index contributed by atoms with van der Waals surface area (Å²) in [6.07, 6.45) is 1.44. The number of methoxy groups -OCH3 is 2. The summed E-state index contributed by atoms with van der Waals surface area (Å²) in [7, 11) is 3.12. The molecule has 0 spiro atoms. The van der Waals surface area contributed by atoms with E-state index in [1.54, 1.807) is 68.8 Å². The normalized spacial score (nSPS) is 10.4. The molecule has 0 aliphatic carbocycles. The van der Waals surface area contributed by atoms with Crippen molar-refractivity contribution in [3.63, 3.8) is 0 Å². The van der Waals surface area contributed by atoms with Gasteiger partial charge in [-0.3, -0.25) is 4.79 Å². The number of hydrogen-bond acceptors (Lipinski definition) is 7. The number of amides is 1. The number of nitrogens with one attached hydrogen (secondary N) is 2. The SMILES string of the molecule is COc1cc2ncnc(Nc3ccc(Cl)c(NC(=O)c4ccc(C#N)cc4)c3)c2cc1OC. The molecule has 0 aliphatic rings. The summed E-state index contributed by atoms with van der Waals surface area (Å²) < 4.78 is 10.7. The first kappa shape index (κ1) is 21.9. The molecule has 33 heavy (non-hydrogen) atoms. The maximum Gasteiger partial charge on any atom is 0.255 e. The Hall–Kier alpha value is -4.35. The Kier molecular flexibility index (Phi) is 6.24. The Morgan fingerprint density at radius 2 is 1.73 bits per heavy atom. The maximum absolute atomic E-state index is 12.6. The van der Waals surface area contributed by atoms with E-state index in [1.165, 1.54) is 6.33 Å². The van der Waals surface area contributed by atoms with E-state index in [0.717, 1.165) is 5.39 Å². The average molecular weight is 460 g/mol. The van der Waals surface area contributed by atoms with E-state index in [-0.39, 0.29) is 5.91 Å². The highest BCUT2D eigenvalue weighted by Gasteiger charge is 2.13. The number of ether oxygens (including phenoxy) is 2. The van der Waals surface area contributed by atoms with Crippen LogP contribution in [0, 0.1) is 11.3 Å². The predicted octanol–water partition coefficient (Wildman–Crippen LogP) is 5.17. The van der Waals surface area contributed by atoms with Gasteiger partial charge in [-0.15, -0.1) is 0 Å². The molecule has 0 bridgehead atoms. The number of carbonyl (C=O) groups is 1. The number of carbonyl (C=O) groups excluding carboxylic acids is 1. The van der Waals surface area contributed by atoms with Gasteiger partial charge in [-0.1, -0.05) is 11.6 Å². The van der Waals surface area contributed by atoms with Crippen molar-refractivity contribution < 1.29 is 14.3 Å². The van der Waals surface area contributed by atoms with Crippen LogP contribution < -0.4 is 20.1 Å². The Labute approximate surface area is 194 Å². The quantitative estimate of drug-likeness (QED) is 0.409. The number of fused-ring (bicyclic) bond motifs is 1. The molecule has 1 amide bonds. The van der Waals surface area contributed by atoms with Crippen molar-refractivity contribution in [1.82, 2.24) is 9.97 Å². The Balaban J connectivity index is 1.62. The number of halogens is 1. The van der Waals surface area contributed by atoms with Crippen LogP contribution in [0.1, 0.15) is 15.9 Å². The molecule has 0 saturated heterocycles. The molecule has 164 valence electrons. The molecule has 1 aromatic heterocycles. The van der Waals surface area contributed by atoms with Crippen molar-refractivity contribution in [2.24, 2.45) is 0 Å². The van der Waals surface area contributed by atoms with Gasteiger partial charge in [-0.2, -0.15) is 5.26 Å². The van der Waals surface area contributed by atoms with E-state index in [0.29, 0.717) is 50.4 Å². The van der Waals surface area contributed by atoms with Crippen LogP contribution >= 0.6 is 11.6 Å². The van der Waals surface area contributed by atoms with Crippen molar-refractivity contribution in [2.75, 3.05) is 24.9 Å². The number of anilines is 3. The van der Waals surface area contributed by atoms with Crippen molar-refractivity contribution in [3.8, 4) is 17.6 Å². The van der Waals surface area contributed by atoms with Crippen LogP contribution in [0.2, 0.25) is 5.02 Å². The number of nitriles is 1. The Morgan fingerprint density at radius 3 is 2.42 bits per heavy atom. The van der Waals surface area contributed by atoms with E-state index >= 15 is 0 Å². The lowest BCUT2D eigenvalue weighted by Gasteiger charge is -2.13. The van der Waals surface area contributed by atoms with E-state index < -0.39 is 0 Å². The molecular weight excluding hydrogens is 442 g/mol. The lowest BCUT2D eigenvalue weighted by Crippen LogP contribution is -2.12. The van der Waals surface area contributed by atoms with Crippen molar-refractivity contribution >= 4 is 45.6 Å². The van der Waals surface area contributed by atoms with Crippen LogP contribution in [0.3, 0.4) is 0 Å². The van der Waals surface area contributed by atoms with E-state index in [9.17, 15) is 4.79 Å². The van der Waals surface area contributed by atoms with Gasteiger partial charge in [0.15, 0.2) is 11.5 Å². The fourth-order valence-electron chi connectivity index (χ4n) is 3.21. The van der Waals surface area contributed by atoms with Crippen LogP contribution in [0.4, 0.5) is 17.2 Å². The monoisotopic (exact) mass is 459 g/mol. The summed E-state index contributed by atoms with van der Waals surface area (Å²) >= 11 is 6.30. The second-order valence-corrected chi connectivity index (χ2v) is 7.32. The first-order chi connectivity index (χ1) is 16.0. The van der Waals surface area contributed by atoms with Crippen LogP contribution in [0.5, 0.6) is 11.5 Å². The fraction of sp³-hybridized carbons (Fsp3) is 0.0833. The highest BCUT2D eigenvalue weighted by molar-refractivity contribution is 6.34. The molecule has 3 aromatic carbocycles. The Bertz CT molecular complexity index is 1380. The predicted molar refractivity (Wildman–Crippen MR) is 126 cm³/mol. The molecule has 0 aliphatic heterocycles. The van der Waals surface area contributed by atoms with Crippen LogP contribution in [0.25, 0.3) is 10.9 Å². The number of nitrogens with zero attached hydrogens (tertiary/aromatic N) is 3. The highest BCUT2D eigenvalue weighted by atomic mass is 35.5. The molecule has 9 heteroatoms. The van der Waals surface area contributed by atoms with Gasteiger partial charge in [0.2, 0.25) is 0 Å². The van der Waals surface area contributed by atoms with Crippen LogP contribution in [0.15, 0.2) is 60.9 Å².